The van der Waals surface area contributed by atoms with E-state index in [4.69, 9.17) is 14.5 Å². The van der Waals surface area contributed by atoms with Crippen LogP contribution in [0, 0.1) is 6.92 Å². The summed E-state index contributed by atoms with van der Waals surface area (Å²) in [6, 6.07) is 7.43. The number of hydrogen-bond donors (Lipinski definition) is 0. The third-order valence-electron chi connectivity index (χ3n) is 5.98. The number of benzene rings is 1. The molecule has 0 saturated carbocycles. The van der Waals surface area contributed by atoms with Crippen molar-refractivity contribution in [2.45, 2.75) is 26.2 Å². The van der Waals surface area contributed by atoms with Crippen LogP contribution in [-0.4, -0.2) is 66.8 Å². The number of rotatable bonds is 3. The lowest BCUT2D eigenvalue weighted by molar-refractivity contribution is 0.0746. The van der Waals surface area contributed by atoms with E-state index >= 15 is 0 Å². The van der Waals surface area contributed by atoms with E-state index < -0.39 is 0 Å². The monoisotopic (exact) mass is 409 g/mol. The Hall–Kier alpha value is -3.03. The highest BCUT2D eigenvalue weighted by molar-refractivity contribution is 5.95. The fourth-order valence-corrected chi connectivity index (χ4v) is 4.28. The van der Waals surface area contributed by atoms with Gasteiger partial charge in [0.25, 0.3) is 5.91 Å². The lowest BCUT2D eigenvalue weighted by Crippen LogP contribution is -2.49. The van der Waals surface area contributed by atoms with E-state index in [9.17, 15) is 4.79 Å². The fourth-order valence-electron chi connectivity index (χ4n) is 4.28. The van der Waals surface area contributed by atoms with Crippen LogP contribution in [0.5, 0.6) is 11.5 Å². The van der Waals surface area contributed by atoms with Crippen molar-refractivity contribution in [3.63, 3.8) is 0 Å². The smallest absolute Gasteiger partial charge is 0.254 e. The fraction of sp³-hybridized carbons (Fsp3) is 0.500. The van der Waals surface area contributed by atoms with Gasteiger partial charge in [-0.1, -0.05) is 0 Å². The average Bonchev–Trinajstić information content (AvgIpc) is 3.27. The minimum absolute atomic E-state index is 0.0285. The summed E-state index contributed by atoms with van der Waals surface area (Å²) in [7, 11) is 0. The van der Waals surface area contributed by atoms with E-state index in [2.05, 4.69) is 14.8 Å². The van der Waals surface area contributed by atoms with Crippen molar-refractivity contribution in [2.75, 3.05) is 55.9 Å². The third-order valence-corrected chi connectivity index (χ3v) is 5.98. The maximum atomic E-state index is 12.9. The molecule has 3 aliphatic heterocycles. The minimum Gasteiger partial charge on any atom is -0.454 e. The number of amides is 1. The molecule has 0 radical (unpaired) electrons. The number of anilines is 2. The number of ether oxygens (including phenoxy) is 2. The molecular formula is C22H27N5O3. The first kappa shape index (κ1) is 19.0. The molecule has 0 bridgehead atoms. The molecule has 0 atom stereocenters. The number of fused-ring (bicyclic) bond motifs is 1. The van der Waals surface area contributed by atoms with Gasteiger partial charge in [0.15, 0.2) is 11.5 Å². The van der Waals surface area contributed by atoms with Gasteiger partial charge in [0.2, 0.25) is 12.7 Å². The Morgan fingerprint density at radius 1 is 0.867 bits per heavy atom. The molecule has 0 spiro atoms. The van der Waals surface area contributed by atoms with E-state index in [1.165, 1.54) is 19.3 Å². The molecule has 0 N–H and O–H groups in total. The van der Waals surface area contributed by atoms with E-state index in [0.717, 1.165) is 43.6 Å². The summed E-state index contributed by atoms with van der Waals surface area (Å²) in [6.45, 7) is 7.13. The largest absolute Gasteiger partial charge is 0.454 e. The number of aryl methyl sites for hydroxylation is 1. The Kier molecular flexibility index (Phi) is 5.06. The molecule has 0 aliphatic carbocycles. The maximum Gasteiger partial charge on any atom is 0.254 e. The lowest BCUT2D eigenvalue weighted by Gasteiger charge is -2.36. The van der Waals surface area contributed by atoms with Gasteiger partial charge in [0, 0.05) is 56.6 Å². The Morgan fingerprint density at radius 3 is 2.43 bits per heavy atom. The van der Waals surface area contributed by atoms with Crippen molar-refractivity contribution < 1.29 is 14.3 Å². The van der Waals surface area contributed by atoms with E-state index in [1.807, 2.05) is 17.9 Å². The second kappa shape index (κ2) is 8.01. The van der Waals surface area contributed by atoms with Crippen LogP contribution < -0.4 is 19.3 Å². The zero-order valence-electron chi connectivity index (χ0n) is 17.3. The van der Waals surface area contributed by atoms with Crippen LogP contribution in [0.25, 0.3) is 0 Å². The molecule has 5 rings (SSSR count). The van der Waals surface area contributed by atoms with Gasteiger partial charge in [-0.15, -0.1) is 0 Å². The number of nitrogens with zero attached hydrogens (tertiary/aromatic N) is 5. The van der Waals surface area contributed by atoms with Crippen molar-refractivity contribution in [1.82, 2.24) is 14.9 Å². The first-order valence-corrected chi connectivity index (χ1v) is 10.7. The van der Waals surface area contributed by atoms with Gasteiger partial charge < -0.3 is 24.2 Å². The summed E-state index contributed by atoms with van der Waals surface area (Å²) in [4.78, 5) is 28.9. The predicted octanol–water partition coefficient (Wildman–Crippen LogP) is 2.47. The summed E-state index contributed by atoms with van der Waals surface area (Å²) in [5.74, 6) is 3.16. The van der Waals surface area contributed by atoms with Gasteiger partial charge >= 0.3 is 0 Å². The molecule has 8 nitrogen and oxygen atoms in total. The molecule has 1 amide bonds. The van der Waals surface area contributed by atoms with Gasteiger partial charge in [0.1, 0.15) is 5.82 Å². The summed E-state index contributed by atoms with van der Waals surface area (Å²) in [5.41, 5.74) is 1.62. The first-order chi connectivity index (χ1) is 14.7. The second-order valence-electron chi connectivity index (χ2n) is 8.06. The SMILES string of the molecule is Cc1cc(N2CCN(C(=O)c3ccc4c(c3)OCO4)CC2)nc(N2CCCCC2)n1. The van der Waals surface area contributed by atoms with Crippen LogP contribution in [0.1, 0.15) is 35.3 Å². The van der Waals surface area contributed by atoms with E-state index in [1.54, 1.807) is 18.2 Å². The zero-order chi connectivity index (χ0) is 20.5. The summed E-state index contributed by atoms with van der Waals surface area (Å²) in [6.07, 6.45) is 3.69. The second-order valence-corrected chi connectivity index (χ2v) is 8.06. The van der Waals surface area contributed by atoms with E-state index in [-0.39, 0.29) is 12.7 Å². The van der Waals surface area contributed by atoms with Crippen molar-refractivity contribution in [3.8, 4) is 11.5 Å². The molecule has 158 valence electrons. The average molecular weight is 409 g/mol. The van der Waals surface area contributed by atoms with Gasteiger partial charge in [0.05, 0.1) is 0 Å². The number of piperidine rings is 1. The number of carbonyl (C=O) groups excluding carboxylic acids is 1. The highest BCUT2D eigenvalue weighted by Crippen LogP contribution is 2.33. The molecule has 8 heteroatoms. The molecule has 30 heavy (non-hydrogen) atoms. The van der Waals surface area contributed by atoms with Crippen LogP contribution in [0.2, 0.25) is 0 Å². The van der Waals surface area contributed by atoms with Crippen LogP contribution in [0.3, 0.4) is 0 Å². The van der Waals surface area contributed by atoms with E-state index in [0.29, 0.717) is 30.2 Å². The van der Waals surface area contributed by atoms with Gasteiger partial charge in [-0.25, -0.2) is 4.98 Å². The predicted molar refractivity (Wildman–Crippen MR) is 114 cm³/mol. The van der Waals surface area contributed by atoms with Crippen LogP contribution in [0.4, 0.5) is 11.8 Å². The number of piperazine rings is 1. The first-order valence-electron chi connectivity index (χ1n) is 10.7. The molecule has 1 aromatic heterocycles. The van der Waals surface area contributed by atoms with Crippen molar-refractivity contribution in [3.05, 3.63) is 35.5 Å². The lowest BCUT2D eigenvalue weighted by atomic mass is 10.1. The van der Waals surface area contributed by atoms with Crippen molar-refractivity contribution in [2.24, 2.45) is 0 Å². The van der Waals surface area contributed by atoms with Crippen LogP contribution >= 0.6 is 0 Å². The Morgan fingerprint density at radius 2 is 1.63 bits per heavy atom. The molecular weight excluding hydrogens is 382 g/mol. The summed E-state index contributed by atoms with van der Waals surface area (Å²) in [5, 5.41) is 0. The number of hydrogen-bond acceptors (Lipinski definition) is 7. The molecule has 2 fully saturated rings. The molecule has 2 aromatic rings. The number of aromatic nitrogens is 2. The van der Waals surface area contributed by atoms with Gasteiger partial charge in [-0.3, -0.25) is 4.79 Å². The standard InChI is InChI=1S/C22H27N5O3/c1-16-13-20(24-22(23-16)27-7-3-2-4-8-27)25-9-11-26(12-10-25)21(28)17-5-6-18-19(14-17)30-15-29-18/h5-6,13-14H,2-4,7-12,15H2,1H3. The quantitative estimate of drug-likeness (QED) is 0.771. The Labute approximate surface area is 176 Å². The highest BCUT2D eigenvalue weighted by atomic mass is 16.7. The van der Waals surface area contributed by atoms with Gasteiger partial charge in [-0.05, 0) is 44.4 Å². The Bertz CT molecular complexity index is 936. The molecule has 4 heterocycles. The molecule has 1 aromatic carbocycles. The van der Waals surface area contributed by atoms with Crippen LogP contribution in [-0.2, 0) is 0 Å². The van der Waals surface area contributed by atoms with Crippen LogP contribution in [0.15, 0.2) is 24.3 Å². The molecule has 2 saturated heterocycles. The Balaban J connectivity index is 1.25. The van der Waals surface area contributed by atoms with Gasteiger partial charge in [-0.2, -0.15) is 4.98 Å². The molecule has 3 aliphatic rings. The minimum atomic E-state index is 0.0285. The zero-order valence-corrected chi connectivity index (χ0v) is 17.3. The van der Waals surface area contributed by atoms with Crippen molar-refractivity contribution >= 4 is 17.7 Å². The summed E-state index contributed by atoms with van der Waals surface area (Å²) >= 11 is 0. The van der Waals surface area contributed by atoms with Crippen molar-refractivity contribution in [1.29, 1.82) is 0 Å². The topological polar surface area (TPSA) is 71.0 Å². The number of carbonyl (C=O) groups is 1. The highest BCUT2D eigenvalue weighted by Gasteiger charge is 2.25. The maximum absolute atomic E-state index is 12.9. The molecule has 0 unspecified atom stereocenters. The normalized spacial score (nSPS) is 18.6. The third kappa shape index (κ3) is 3.74. The summed E-state index contributed by atoms with van der Waals surface area (Å²) < 4.78 is 10.7.